The van der Waals surface area contributed by atoms with Crippen LogP contribution in [0.3, 0.4) is 0 Å². The average molecular weight is 362 g/mol. The van der Waals surface area contributed by atoms with Gasteiger partial charge in [-0.05, 0) is 38.0 Å². The monoisotopic (exact) mass is 362 g/mol. The Morgan fingerprint density at radius 2 is 2.04 bits per heavy atom. The van der Waals surface area contributed by atoms with Crippen molar-refractivity contribution < 1.29 is 9.53 Å². The van der Waals surface area contributed by atoms with Crippen molar-refractivity contribution in [1.29, 1.82) is 0 Å². The summed E-state index contributed by atoms with van der Waals surface area (Å²) in [7, 11) is 0. The summed E-state index contributed by atoms with van der Waals surface area (Å²) in [6.45, 7) is 6.26. The van der Waals surface area contributed by atoms with Gasteiger partial charge in [-0.3, -0.25) is 4.79 Å². The quantitative estimate of drug-likeness (QED) is 0.758. The maximum Gasteiger partial charge on any atom is 0.221 e. The number of rotatable bonds is 4. The summed E-state index contributed by atoms with van der Waals surface area (Å²) in [5, 5.41) is 3.75. The van der Waals surface area contributed by atoms with E-state index in [-0.39, 0.29) is 12.0 Å². The van der Waals surface area contributed by atoms with E-state index in [1.807, 2.05) is 32.0 Å². The Balaban J connectivity index is 1.86. The SMILES string of the molecule is CC(=O)Nc1cc2c(N3CCc4ccccc43)ncnc2cc1OC(C)C. The molecule has 1 aromatic heterocycles. The molecular formula is C21H22N4O2. The smallest absolute Gasteiger partial charge is 0.221 e. The highest BCUT2D eigenvalue weighted by molar-refractivity contribution is 5.99. The van der Waals surface area contributed by atoms with Crippen molar-refractivity contribution in [3.63, 3.8) is 0 Å². The van der Waals surface area contributed by atoms with E-state index in [1.54, 1.807) is 6.33 Å². The highest BCUT2D eigenvalue weighted by Gasteiger charge is 2.23. The number of fused-ring (bicyclic) bond motifs is 2. The average Bonchev–Trinajstić information content (AvgIpc) is 3.05. The first-order chi connectivity index (χ1) is 13.0. The molecular weight excluding hydrogens is 340 g/mol. The summed E-state index contributed by atoms with van der Waals surface area (Å²) in [5.74, 6) is 1.31. The normalized spacial score (nSPS) is 13.1. The van der Waals surface area contributed by atoms with Crippen LogP contribution < -0.4 is 15.0 Å². The molecule has 0 spiro atoms. The summed E-state index contributed by atoms with van der Waals surface area (Å²) < 4.78 is 5.89. The fourth-order valence-corrected chi connectivity index (χ4v) is 3.48. The van der Waals surface area contributed by atoms with Gasteiger partial charge in [0.1, 0.15) is 17.9 Å². The summed E-state index contributed by atoms with van der Waals surface area (Å²) in [6.07, 6.45) is 2.55. The van der Waals surface area contributed by atoms with E-state index in [1.165, 1.54) is 18.2 Å². The fraction of sp³-hybridized carbons (Fsp3) is 0.286. The Labute approximate surface area is 158 Å². The molecule has 4 rings (SSSR count). The number of ether oxygens (including phenoxy) is 1. The van der Waals surface area contributed by atoms with Crippen molar-refractivity contribution in [1.82, 2.24) is 9.97 Å². The molecule has 1 amide bonds. The number of para-hydroxylation sites is 1. The molecule has 0 radical (unpaired) electrons. The maximum absolute atomic E-state index is 11.7. The number of hydrogen-bond acceptors (Lipinski definition) is 5. The molecule has 6 nitrogen and oxygen atoms in total. The second-order valence-corrected chi connectivity index (χ2v) is 6.94. The lowest BCUT2D eigenvalue weighted by molar-refractivity contribution is -0.114. The molecule has 0 aliphatic carbocycles. The standard InChI is InChI=1S/C21H22N4O2/c1-13(2)27-20-11-17-16(10-18(20)24-14(3)26)21(23-12-22-17)25-9-8-15-6-4-5-7-19(15)25/h4-7,10-13H,8-9H2,1-3H3,(H,24,26). The molecule has 0 bridgehead atoms. The topological polar surface area (TPSA) is 67.4 Å². The third-order valence-corrected chi connectivity index (χ3v) is 4.53. The van der Waals surface area contributed by atoms with Gasteiger partial charge in [-0.25, -0.2) is 9.97 Å². The van der Waals surface area contributed by atoms with Crippen LogP contribution in [0.15, 0.2) is 42.7 Å². The molecule has 0 fully saturated rings. The van der Waals surface area contributed by atoms with Crippen LogP contribution in [-0.4, -0.2) is 28.5 Å². The van der Waals surface area contributed by atoms with Gasteiger partial charge in [0, 0.05) is 30.6 Å². The molecule has 0 saturated heterocycles. The first-order valence-corrected chi connectivity index (χ1v) is 9.11. The minimum absolute atomic E-state index is 0.0123. The Kier molecular flexibility index (Phi) is 4.39. The van der Waals surface area contributed by atoms with Gasteiger partial charge in [-0.15, -0.1) is 0 Å². The molecule has 0 unspecified atom stereocenters. The zero-order valence-electron chi connectivity index (χ0n) is 15.7. The largest absolute Gasteiger partial charge is 0.489 e. The summed E-state index contributed by atoms with van der Waals surface area (Å²) in [6, 6.07) is 12.1. The highest BCUT2D eigenvalue weighted by Crippen LogP contribution is 2.39. The van der Waals surface area contributed by atoms with Crippen LogP contribution in [0.4, 0.5) is 17.2 Å². The summed E-state index contributed by atoms with van der Waals surface area (Å²) in [4.78, 5) is 22.9. The predicted molar refractivity (Wildman–Crippen MR) is 107 cm³/mol. The van der Waals surface area contributed by atoms with Crippen molar-refractivity contribution in [3.8, 4) is 5.75 Å². The van der Waals surface area contributed by atoms with Crippen molar-refractivity contribution in [2.24, 2.45) is 0 Å². The zero-order chi connectivity index (χ0) is 19.0. The molecule has 3 aromatic rings. The molecule has 1 aliphatic rings. The van der Waals surface area contributed by atoms with Crippen molar-refractivity contribution in [2.45, 2.75) is 33.3 Å². The zero-order valence-corrected chi connectivity index (χ0v) is 15.7. The molecule has 27 heavy (non-hydrogen) atoms. The van der Waals surface area contributed by atoms with E-state index in [4.69, 9.17) is 4.74 Å². The van der Waals surface area contributed by atoms with Gasteiger partial charge in [0.05, 0.1) is 17.3 Å². The molecule has 2 aromatic carbocycles. The van der Waals surface area contributed by atoms with Gasteiger partial charge < -0.3 is 15.0 Å². The van der Waals surface area contributed by atoms with Gasteiger partial charge in [-0.2, -0.15) is 0 Å². The van der Waals surface area contributed by atoms with Crippen molar-refractivity contribution in [3.05, 3.63) is 48.3 Å². The number of nitrogens with zero attached hydrogens (tertiary/aromatic N) is 3. The molecule has 138 valence electrons. The molecule has 2 heterocycles. The molecule has 1 aliphatic heterocycles. The van der Waals surface area contributed by atoms with Crippen LogP contribution in [0, 0.1) is 0 Å². The minimum atomic E-state index is -0.145. The number of hydrogen-bond donors (Lipinski definition) is 1. The van der Waals surface area contributed by atoms with E-state index >= 15 is 0 Å². The Morgan fingerprint density at radius 1 is 1.22 bits per heavy atom. The van der Waals surface area contributed by atoms with E-state index in [9.17, 15) is 4.79 Å². The maximum atomic E-state index is 11.7. The van der Waals surface area contributed by atoms with Crippen LogP contribution >= 0.6 is 0 Å². The van der Waals surface area contributed by atoms with E-state index in [0.717, 1.165) is 29.7 Å². The van der Waals surface area contributed by atoms with Gasteiger partial charge in [0.25, 0.3) is 0 Å². The lowest BCUT2D eigenvalue weighted by Crippen LogP contribution is -2.16. The number of nitrogens with one attached hydrogen (secondary N) is 1. The molecule has 0 saturated carbocycles. The number of carbonyl (C=O) groups is 1. The van der Waals surface area contributed by atoms with Gasteiger partial charge in [0.15, 0.2) is 0 Å². The van der Waals surface area contributed by atoms with E-state index < -0.39 is 0 Å². The Morgan fingerprint density at radius 3 is 2.81 bits per heavy atom. The third-order valence-electron chi connectivity index (χ3n) is 4.53. The summed E-state index contributed by atoms with van der Waals surface area (Å²) in [5.41, 5.74) is 3.90. The lowest BCUT2D eigenvalue weighted by Gasteiger charge is -2.21. The van der Waals surface area contributed by atoms with E-state index in [0.29, 0.717) is 11.4 Å². The number of amides is 1. The predicted octanol–water partition coefficient (Wildman–Crippen LogP) is 4.07. The van der Waals surface area contributed by atoms with Crippen molar-refractivity contribution in [2.75, 3.05) is 16.8 Å². The van der Waals surface area contributed by atoms with Crippen LogP contribution in [0.1, 0.15) is 26.3 Å². The highest BCUT2D eigenvalue weighted by atomic mass is 16.5. The van der Waals surface area contributed by atoms with Gasteiger partial charge in [-0.1, -0.05) is 18.2 Å². The lowest BCUT2D eigenvalue weighted by atomic mass is 10.1. The molecule has 0 atom stereocenters. The number of aromatic nitrogens is 2. The van der Waals surface area contributed by atoms with Crippen LogP contribution in [0.2, 0.25) is 0 Å². The third kappa shape index (κ3) is 3.30. The second kappa shape index (κ2) is 6.87. The van der Waals surface area contributed by atoms with Crippen molar-refractivity contribution >= 4 is 34.0 Å². The molecule has 1 N–H and O–H groups in total. The van der Waals surface area contributed by atoms with Crippen LogP contribution in [0.5, 0.6) is 5.75 Å². The van der Waals surface area contributed by atoms with Gasteiger partial charge in [0.2, 0.25) is 5.91 Å². The first-order valence-electron chi connectivity index (χ1n) is 9.11. The van der Waals surface area contributed by atoms with E-state index in [2.05, 4.69) is 38.4 Å². The van der Waals surface area contributed by atoms with Gasteiger partial charge >= 0.3 is 0 Å². The Bertz CT molecular complexity index is 1020. The number of carbonyl (C=O) groups excluding carboxylic acids is 1. The van der Waals surface area contributed by atoms with Crippen LogP contribution in [-0.2, 0) is 11.2 Å². The fourth-order valence-electron chi connectivity index (χ4n) is 3.48. The van der Waals surface area contributed by atoms with Crippen LogP contribution in [0.25, 0.3) is 10.9 Å². The molecule has 6 heteroatoms. The number of anilines is 3. The first kappa shape index (κ1) is 17.3. The minimum Gasteiger partial charge on any atom is -0.489 e. The summed E-state index contributed by atoms with van der Waals surface area (Å²) >= 11 is 0. The Hall–Kier alpha value is -3.15. The second-order valence-electron chi connectivity index (χ2n) is 6.94. The number of benzene rings is 2.